The second-order valence-electron chi connectivity index (χ2n) is 10.5. The van der Waals surface area contributed by atoms with Crippen molar-refractivity contribution >= 4 is 30.4 Å². The van der Waals surface area contributed by atoms with E-state index in [0.717, 1.165) is 25.7 Å². The molecule has 1 N–H and O–H groups in total. The Hall–Kier alpha value is -2.84. The van der Waals surface area contributed by atoms with Gasteiger partial charge in [0, 0.05) is 37.7 Å². The third-order valence-electron chi connectivity index (χ3n) is 8.14. The van der Waals surface area contributed by atoms with Crippen LogP contribution in [0.15, 0.2) is 47.4 Å². The van der Waals surface area contributed by atoms with Gasteiger partial charge in [-0.05, 0) is 53.5 Å². The summed E-state index contributed by atoms with van der Waals surface area (Å²) < 4.78 is 5.14. The smallest absolute Gasteiger partial charge is 0.254 e. The van der Waals surface area contributed by atoms with Crippen LogP contribution >= 0.6 is 12.6 Å². The van der Waals surface area contributed by atoms with Gasteiger partial charge in [0.2, 0.25) is 11.8 Å². The Balaban J connectivity index is 1.67. The summed E-state index contributed by atoms with van der Waals surface area (Å²) in [5, 5.41) is 3.11. The predicted molar refractivity (Wildman–Crippen MR) is 150 cm³/mol. The fourth-order valence-electron chi connectivity index (χ4n) is 5.91. The molecule has 0 saturated carbocycles. The molecule has 8 heteroatoms. The Bertz CT molecular complexity index is 1160. The van der Waals surface area contributed by atoms with Crippen LogP contribution < -0.4 is 5.32 Å². The number of ether oxygens (including phenoxy) is 1. The van der Waals surface area contributed by atoms with E-state index in [1.165, 1.54) is 11.1 Å². The molecule has 38 heavy (non-hydrogen) atoms. The standard InChI is InChI=1S/C30H39N3O4S/c1-5-19(6-2)27-28(34)31-26(23-15-20-9-7-8-10-21(20)16-23)30(36)33(27)18-22-11-12-24(38)17-25(22)29(35)32(3)13-14-37-4/h7-12,17,19,23,26-27,38H,5-6,13-16,18H2,1-4H3,(H,31,34)/t26-,27-/m1/s1. The SMILES string of the molecule is CCC(CC)[C@@H]1C(=O)N[C@H](C2Cc3ccccc3C2)C(=O)N1Cc1ccc(S)cc1C(=O)N(C)CCOC. The van der Waals surface area contributed by atoms with E-state index in [-0.39, 0.29) is 36.1 Å². The number of nitrogens with zero attached hydrogens (tertiary/aromatic N) is 2. The minimum absolute atomic E-state index is 0.00935. The molecule has 1 heterocycles. The van der Waals surface area contributed by atoms with Crippen LogP contribution in [0.2, 0.25) is 0 Å². The number of benzene rings is 2. The molecule has 0 aromatic heterocycles. The van der Waals surface area contributed by atoms with Crippen LogP contribution in [0, 0.1) is 11.8 Å². The molecule has 1 aliphatic heterocycles. The number of likely N-dealkylation sites (N-methyl/N-ethyl adjacent to an activating group) is 1. The highest BCUT2D eigenvalue weighted by Gasteiger charge is 2.47. The first kappa shape index (κ1) is 28.2. The van der Waals surface area contributed by atoms with Crippen molar-refractivity contribution < 1.29 is 19.1 Å². The fourth-order valence-corrected chi connectivity index (χ4v) is 6.11. The van der Waals surface area contributed by atoms with Gasteiger partial charge >= 0.3 is 0 Å². The summed E-state index contributed by atoms with van der Waals surface area (Å²) in [6.07, 6.45) is 3.08. The topological polar surface area (TPSA) is 79.0 Å². The Morgan fingerprint density at radius 2 is 1.79 bits per heavy atom. The van der Waals surface area contributed by atoms with Crippen LogP contribution in [0.25, 0.3) is 0 Å². The van der Waals surface area contributed by atoms with E-state index in [2.05, 4.69) is 43.9 Å². The number of thiol groups is 1. The van der Waals surface area contributed by atoms with Crippen LogP contribution in [0.5, 0.6) is 0 Å². The number of amides is 3. The lowest BCUT2D eigenvalue weighted by molar-refractivity contribution is -0.154. The molecule has 2 atom stereocenters. The van der Waals surface area contributed by atoms with Gasteiger partial charge in [0.05, 0.1) is 6.61 Å². The number of methoxy groups -OCH3 is 1. The minimum Gasteiger partial charge on any atom is -0.383 e. The molecule has 0 bridgehead atoms. The zero-order valence-electron chi connectivity index (χ0n) is 22.8. The van der Waals surface area contributed by atoms with Gasteiger partial charge in [-0.1, -0.05) is 57.0 Å². The van der Waals surface area contributed by atoms with Gasteiger partial charge < -0.3 is 19.9 Å². The van der Waals surface area contributed by atoms with Crippen LogP contribution in [-0.4, -0.2) is 66.9 Å². The van der Waals surface area contributed by atoms with E-state index in [0.29, 0.717) is 29.2 Å². The lowest BCUT2D eigenvalue weighted by Crippen LogP contribution is -2.66. The molecule has 1 aliphatic carbocycles. The van der Waals surface area contributed by atoms with E-state index >= 15 is 0 Å². The van der Waals surface area contributed by atoms with Crippen LogP contribution in [0.1, 0.15) is 53.7 Å². The summed E-state index contributed by atoms with van der Waals surface area (Å²) in [5.41, 5.74) is 3.68. The normalized spacial score (nSPS) is 19.6. The Morgan fingerprint density at radius 1 is 1.13 bits per heavy atom. The zero-order chi connectivity index (χ0) is 27.4. The van der Waals surface area contributed by atoms with Crippen molar-refractivity contribution in [3.63, 3.8) is 0 Å². The summed E-state index contributed by atoms with van der Waals surface area (Å²) in [7, 11) is 3.33. The fraction of sp³-hybridized carbons (Fsp3) is 0.500. The first-order valence-electron chi connectivity index (χ1n) is 13.5. The molecule has 1 saturated heterocycles. The molecule has 3 amide bonds. The van der Waals surface area contributed by atoms with E-state index in [9.17, 15) is 14.4 Å². The van der Waals surface area contributed by atoms with Crippen molar-refractivity contribution in [2.45, 2.75) is 63.1 Å². The number of fused-ring (bicyclic) bond motifs is 1. The number of carbonyl (C=O) groups is 3. The molecule has 0 radical (unpaired) electrons. The lowest BCUT2D eigenvalue weighted by atomic mass is 9.85. The van der Waals surface area contributed by atoms with Gasteiger partial charge in [-0.3, -0.25) is 14.4 Å². The maximum Gasteiger partial charge on any atom is 0.254 e. The van der Waals surface area contributed by atoms with Crippen molar-refractivity contribution in [3.8, 4) is 0 Å². The highest BCUT2D eigenvalue weighted by Crippen LogP contribution is 2.33. The average Bonchev–Trinajstić information content (AvgIpc) is 3.35. The first-order chi connectivity index (χ1) is 18.3. The molecule has 0 unspecified atom stereocenters. The van der Waals surface area contributed by atoms with Gasteiger partial charge in [0.15, 0.2) is 0 Å². The molecule has 4 rings (SSSR count). The quantitative estimate of drug-likeness (QED) is 0.453. The van der Waals surface area contributed by atoms with E-state index < -0.39 is 12.1 Å². The van der Waals surface area contributed by atoms with Gasteiger partial charge in [0.1, 0.15) is 12.1 Å². The van der Waals surface area contributed by atoms with E-state index in [1.807, 2.05) is 24.3 Å². The van der Waals surface area contributed by atoms with Crippen molar-refractivity contribution in [2.75, 3.05) is 27.3 Å². The number of hydrogen-bond donors (Lipinski definition) is 2. The van der Waals surface area contributed by atoms with Crippen LogP contribution in [-0.2, 0) is 33.7 Å². The van der Waals surface area contributed by atoms with E-state index in [4.69, 9.17) is 4.74 Å². The van der Waals surface area contributed by atoms with Crippen molar-refractivity contribution in [1.29, 1.82) is 0 Å². The monoisotopic (exact) mass is 537 g/mol. The second kappa shape index (κ2) is 12.3. The Labute approximate surface area is 231 Å². The largest absolute Gasteiger partial charge is 0.383 e. The molecule has 204 valence electrons. The van der Waals surface area contributed by atoms with Gasteiger partial charge in [-0.15, -0.1) is 12.6 Å². The highest BCUT2D eigenvalue weighted by molar-refractivity contribution is 7.80. The van der Waals surface area contributed by atoms with Gasteiger partial charge in [-0.2, -0.15) is 0 Å². The van der Waals surface area contributed by atoms with Gasteiger partial charge in [-0.25, -0.2) is 0 Å². The van der Waals surface area contributed by atoms with Crippen molar-refractivity contribution in [1.82, 2.24) is 15.1 Å². The minimum atomic E-state index is -0.590. The maximum absolute atomic E-state index is 14.2. The summed E-state index contributed by atoms with van der Waals surface area (Å²) in [5.74, 6) is -0.303. The highest BCUT2D eigenvalue weighted by atomic mass is 32.1. The Kier molecular flexibility index (Phi) is 9.15. The molecular formula is C30H39N3O4S. The number of piperazine rings is 1. The predicted octanol–water partition coefficient (Wildman–Crippen LogP) is 3.74. The number of carbonyl (C=O) groups excluding carboxylic acids is 3. The lowest BCUT2D eigenvalue weighted by Gasteiger charge is -2.44. The average molecular weight is 538 g/mol. The zero-order valence-corrected chi connectivity index (χ0v) is 23.7. The third kappa shape index (κ3) is 5.76. The molecule has 7 nitrogen and oxygen atoms in total. The number of nitrogens with one attached hydrogen (secondary N) is 1. The first-order valence-corrected chi connectivity index (χ1v) is 14.0. The summed E-state index contributed by atoms with van der Waals surface area (Å²) in [4.78, 5) is 45.2. The number of rotatable bonds is 10. The van der Waals surface area contributed by atoms with Gasteiger partial charge in [0.25, 0.3) is 5.91 Å². The summed E-state index contributed by atoms with van der Waals surface area (Å²) in [6, 6.07) is 12.5. The molecule has 2 aromatic carbocycles. The van der Waals surface area contributed by atoms with Crippen LogP contribution in [0.3, 0.4) is 0 Å². The van der Waals surface area contributed by atoms with E-state index in [1.54, 1.807) is 30.0 Å². The number of hydrogen-bond acceptors (Lipinski definition) is 5. The second-order valence-corrected chi connectivity index (χ2v) is 11.0. The molecule has 0 spiro atoms. The Morgan fingerprint density at radius 3 is 2.39 bits per heavy atom. The third-order valence-corrected chi connectivity index (χ3v) is 8.42. The summed E-state index contributed by atoms with van der Waals surface area (Å²) >= 11 is 4.47. The molecule has 1 fully saturated rings. The molecule has 2 aromatic rings. The van der Waals surface area contributed by atoms with Crippen molar-refractivity contribution in [2.24, 2.45) is 11.8 Å². The van der Waals surface area contributed by atoms with Crippen molar-refractivity contribution in [3.05, 3.63) is 64.7 Å². The molecule has 2 aliphatic rings. The maximum atomic E-state index is 14.2. The molecular weight excluding hydrogens is 498 g/mol. The van der Waals surface area contributed by atoms with Crippen LogP contribution in [0.4, 0.5) is 0 Å². The summed E-state index contributed by atoms with van der Waals surface area (Å²) in [6.45, 7) is 5.16.